The molecule has 1 aromatic carbocycles. The van der Waals surface area contributed by atoms with Gasteiger partial charge in [0.25, 0.3) is 0 Å². The predicted molar refractivity (Wildman–Crippen MR) is 95.3 cm³/mol. The molecule has 1 amide bonds. The van der Waals surface area contributed by atoms with E-state index in [2.05, 4.69) is 42.3 Å². The Hall–Kier alpha value is -1.88. The zero-order valence-corrected chi connectivity index (χ0v) is 14.8. The van der Waals surface area contributed by atoms with Crippen LogP contribution in [0.4, 0.5) is 5.69 Å². The molecule has 0 spiro atoms. The molecule has 2 aliphatic rings. The number of amides is 1. The smallest absolute Gasteiger partial charge is 0.239 e. The number of Topliss-reactive ketones (excluding diaryl/α,β-unsaturated/α-hetero) is 1. The van der Waals surface area contributed by atoms with Crippen LogP contribution in [0.15, 0.2) is 18.2 Å². The highest BCUT2D eigenvalue weighted by atomic mass is 16.2. The Morgan fingerprint density at radius 3 is 2.46 bits per heavy atom. The minimum atomic E-state index is -0.189. The second kappa shape index (κ2) is 6.93. The minimum absolute atomic E-state index is 0.00446. The van der Waals surface area contributed by atoms with Gasteiger partial charge in [-0.15, -0.1) is 0 Å². The third kappa shape index (κ3) is 3.31. The molecule has 5 heteroatoms. The van der Waals surface area contributed by atoms with Crippen LogP contribution in [0.2, 0.25) is 0 Å². The molecule has 2 aliphatic heterocycles. The molecule has 3 rings (SSSR count). The van der Waals surface area contributed by atoms with Crippen molar-refractivity contribution in [2.75, 3.05) is 37.6 Å². The molecule has 2 unspecified atom stereocenters. The van der Waals surface area contributed by atoms with Crippen LogP contribution in [0.3, 0.4) is 0 Å². The van der Waals surface area contributed by atoms with Crippen molar-refractivity contribution >= 4 is 17.4 Å². The molecule has 130 valence electrons. The van der Waals surface area contributed by atoms with Crippen molar-refractivity contribution in [1.29, 1.82) is 0 Å². The molecule has 0 saturated carbocycles. The maximum atomic E-state index is 12.7. The van der Waals surface area contributed by atoms with Crippen LogP contribution in [-0.2, 0) is 9.59 Å². The van der Waals surface area contributed by atoms with Crippen LogP contribution in [0, 0.1) is 19.8 Å². The number of ketones is 1. The molecular formula is C19H27N3O2. The van der Waals surface area contributed by atoms with E-state index in [1.165, 1.54) is 16.8 Å². The van der Waals surface area contributed by atoms with Gasteiger partial charge in [0.2, 0.25) is 5.91 Å². The van der Waals surface area contributed by atoms with Crippen molar-refractivity contribution in [2.45, 2.75) is 33.2 Å². The van der Waals surface area contributed by atoms with E-state index in [0.29, 0.717) is 13.0 Å². The van der Waals surface area contributed by atoms with E-state index in [-0.39, 0.29) is 23.7 Å². The first kappa shape index (κ1) is 17.0. The first-order valence-electron chi connectivity index (χ1n) is 8.81. The summed E-state index contributed by atoms with van der Waals surface area (Å²) >= 11 is 0. The van der Waals surface area contributed by atoms with Crippen LogP contribution in [0.1, 0.15) is 24.5 Å². The fourth-order valence-corrected chi connectivity index (χ4v) is 3.70. The van der Waals surface area contributed by atoms with Crippen molar-refractivity contribution < 1.29 is 9.59 Å². The first-order chi connectivity index (χ1) is 11.5. The Kier molecular flexibility index (Phi) is 4.90. The summed E-state index contributed by atoms with van der Waals surface area (Å²) in [6, 6.07) is 6.21. The van der Waals surface area contributed by atoms with Crippen LogP contribution in [0.25, 0.3) is 0 Å². The monoisotopic (exact) mass is 329 g/mol. The minimum Gasteiger partial charge on any atom is -0.368 e. The number of piperazine rings is 1. The lowest BCUT2D eigenvalue weighted by molar-refractivity contribution is -0.133. The van der Waals surface area contributed by atoms with Gasteiger partial charge in [0.15, 0.2) is 0 Å². The SMILES string of the molecule is CC(=O)C1CNC(C(=O)N2CCN(c3cccc(C)c3C)CC2)C1. The van der Waals surface area contributed by atoms with Crippen molar-refractivity contribution in [3.8, 4) is 0 Å². The van der Waals surface area contributed by atoms with Gasteiger partial charge in [0.1, 0.15) is 5.78 Å². The van der Waals surface area contributed by atoms with Crippen molar-refractivity contribution in [1.82, 2.24) is 10.2 Å². The number of carbonyl (C=O) groups excluding carboxylic acids is 2. The number of benzene rings is 1. The highest BCUT2D eigenvalue weighted by Crippen LogP contribution is 2.24. The summed E-state index contributed by atoms with van der Waals surface area (Å²) in [5.41, 5.74) is 3.90. The van der Waals surface area contributed by atoms with Gasteiger partial charge in [0.05, 0.1) is 6.04 Å². The lowest BCUT2D eigenvalue weighted by atomic mass is 10.0. The quantitative estimate of drug-likeness (QED) is 0.913. The standard InChI is InChI=1S/C19H27N3O2/c1-13-5-4-6-18(14(13)2)21-7-9-22(10-8-21)19(24)17-11-16(12-20-17)15(3)23/h4-6,16-17,20H,7-12H2,1-3H3. The summed E-state index contributed by atoms with van der Waals surface area (Å²) in [6.45, 7) is 9.75. The lowest BCUT2D eigenvalue weighted by Gasteiger charge is -2.38. The number of hydrogen-bond donors (Lipinski definition) is 1. The summed E-state index contributed by atoms with van der Waals surface area (Å²) in [4.78, 5) is 28.5. The van der Waals surface area contributed by atoms with Gasteiger partial charge in [-0.25, -0.2) is 0 Å². The molecule has 1 aromatic rings. The van der Waals surface area contributed by atoms with E-state index < -0.39 is 0 Å². The van der Waals surface area contributed by atoms with Crippen molar-refractivity contribution in [2.24, 2.45) is 5.92 Å². The largest absolute Gasteiger partial charge is 0.368 e. The van der Waals surface area contributed by atoms with Gasteiger partial charge in [0, 0.05) is 44.3 Å². The van der Waals surface area contributed by atoms with Crippen LogP contribution >= 0.6 is 0 Å². The highest BCUT2D eigenvalue weighted by Gasteiger charge is 2.35. The van der Waals surface area contributed by atoms with E-state index in [9.17, 15) is 9.59 Å². The topological polar surface area (TPSA) is 52.7 Å². The molecule has 1 N–H and O–H groups in total. The Morgan fingerprint density at radius 1 is 1.12 bits per heavy atom. The van der Waals surface area contributed by atoms with Gasteiger partial charge < -0.3 is 15.1 Å². The molecule has 2 atom stereocenters. The van der Waals surface area contributed by atoms with Gasteiger partial charge in [-0.2, -0.15) is 0 Å². The van der Waals surface area contributed by atoms with Gasteiger partial charge in [-0.3, -0.25) is 9.59 Å². The first-order valence-corrected chi connectivity index (χ1v) is 8.81. The summed E-state index contributed by atoms with van der Waals surface area (Å²) in [7, 11) is 0. The summed E-state index contributed by atoms with van der Waals surface area (Å²) in [6.07, 6.45) is 0.644. The summed E-state index contributed by atoms with van der Waals surface area (Å²) in [5, 5.41) is 3.22. The number of nitrogens with zero attached hydrogens (tertiary/aromatic N) is 2. The average molecular weight is 329 g/mol. The highest BCUT2D eigenvalue weighted by molar-refractivity contribution is 5.85. The fraction of sp³-hybridized carbons (Fsp3) is 0.579. The van der Waals surface area contributed by atoms with Crippen LogP contribution in [0.5, 0.6) is 0 Å². The van der Waals surface area contributed by atoms with Crippen molar-refractivity contribution in [3.05, 3.63) is 29.3 Å². The summed E-state index contributed by atoms with van der Waals surface area (Å²) in [5.74, 6) is 0.326. The molecular weight excluding hydrogens is 302 g/mol. The summed E-state index contributed by atoms with van der Waals surface area (Å²) < 4.78 is 0. The maximum Gasteiger partial charge on any atom is 0.239 e. The molecule has 2 saturated heterocycles. The van der Waals surface area contributed by atoms with E-state index in [0.717, 1.165) is 26.2 Å². The Balaban J connectivity index is 1.58. The van der Waals surface area contributed by atoms with Crippen LogP contribution < -0.4 is 10.2 Å². The predicted octanol–water partition coefficient (Wildman–Crippen LogP) is 1.52. The third-order valence-corrected chi connectivity index (χ3v) is 5.51. The number of aryl methyl sites for hydroxylation is 1. The molecule has 5 nitrogen and oxygen atoms in total. The lowest BCUT2D eigenvalue weighted by Crippen LogP contribution is -2.53. The molecule has 0 bridgehead atoms. The van der Waals surface area contributed by atoms with E-state index in [4.69, 9.17) is 0 Å². The van der Waals surface area contributed by atoms with Crippen molar-refractivity contribution in [3.63, 3.8) is 0 Å². The Bertz CT molecular complexity index is 635. The molecule has 0 aromatic heterocycles. The fourth-order valence-electron chi connectivity index (χ4n) is 3.70. The van der Waals surface area contributed by atoms with Gasteiger partial charge in [-0.05, 0) is 44.4 Å². The van der Waals surface area contributed by atoms with Crippen LogP contribution in [-0.4, -0.2) is 55.4 Å². The van der Waals surface area contributed by atoms with Gasteiger partial charge in [-0.1, -0.05) is 12.1 Å². The molecule has 24 heavy (non-hydrogen) atoms. The third-order valence-electron chi connectivity index (χ3n) is 5.51. The average Bonchev–Trinajstić information content (AvgIpc) is 3.07. The zero-order valence-electron chi connectivity index (χ0n) is 14.8. The molecule has 0 radical (unpaired) electrons. The number of anilines is 1. The molecule has 0 aliphatic carbocycles. The zero-order chi connectivity index (χ0) is 17.3. The number of hydrogen-bond acceptors (Lipinski definition) is 4. The second-order valence-electron chi connectivity index (χ2n) is 7.04. The molecule has 2 fully saturated rings. The van der Waals surface area contributed by atoms with E-state index in [1.54, 1.807) is 6.92 Å². The van der Waals surface area contributed by atoms with E-state index in [1.807, 2.05) is 4.90 Å². The normalized spacial score (nSPS) is 24.3. The second-order valence-corrected chi connectivity index (χ2v) is 7.04. The van der Waals surface area contributed by atoms with E-state index >= 15 is 0 Å². The Labute approximate surface area is 144 Å². The number of nitrogens with one attached hydrogen (secondary N) is 1. The Morgan fingerprint density at radius 2 is 1.83 bits per heavy atom. The molecule has 2 heterocycles. The number of carbonyl (C=O) groups is 2. The van der Waals surface area contributed by atoms with Gasteiger partial charge >= 0.3 is 0 Å². The maximum absolute atomic E-state index is 12.7. The number of rotatable bonds is 3.